The molecule has 0 radical (unpaired) electrons. The van der Waals surface area contributed by atoms with E-state index < -0.39 is 12.1 Å². The van der Waals surface area contributed by atoms with Crippen molar-refractivity contribution in [3.05, 3.63) is 58.4 Å². The van der Waals surface area contributed by atoms with Gasteiger partial charge in [-0.2, -0.15) is 13.2 Å². The summed E-state index contributed by atoms with van der Waals surface area (Å²) in [4.78, 5) is 16.2. The first kappa shape index (κ1) is 17.5. The van der Waals surface area contributed by atoms with Crippen LogP contribution in [0.5, 0.6) is 0 Å². The van der Waals surface area contributed by atoms with Crippen LogP contribution >= 0.6 is 15.9 Å². The number of benzene rings is 2. The number of anilines is 1. The number of nitrogens with zero attached hydrogens (tertiary/aromatic N) is 2. The van der Waals surface area contributed by atoms with Crippen molar-refractivity contribution in [2.45, 2.75) is 12.6 Å². The third kappa shape index (κ3) is 3.84. The lowest BCUT2D eigenvalue weighted by Gasteiger charge is -2.18. The fourth-order valence-corrected chi connectivity index (χ4v) is 2.59. The standard InChI is InChI=1S/C17H12BrF3N2O2/c1-23(16(24)17(19,20)21)12-6-7-13-14(9-12)25-15(22-13)8-10-2-4-11(18)5-3-10/h2-7,9H,8H2,1H3. The summed E-state index contributed by atoms with van der Waals surface area (Å²) in [7, 11) is 1.07. The van der Waals surface area contributed by atoms with Crippen molar-refractivity contribution in [2.24, 2.45) is 0 Å². The van der Waals surface area contributed by atoms with E-state index in [9.17, 15) is 18.0 Å². The third-order valence-corrected chi connectivity index (χ3v) is 4.15. The molecular weight excluding hydrogens is 401 g/mol. The maximum absolute atomic E-state index is 12.5. The first-order valence-corrected chi connectivity index (χ1v) is 8.02. The Morgan fingerprint density at radius 2 is 1.88 bits per heavy atom. The molecule has 0 N–H and O–H groups in total. The van der Waals surface area contributed by atoms with E-state index in [2.05, 4.69) is 20.9 Å². The molecule has 1 amide bonds. The van der Waals surface area contributed by atoms with Crippen LogP contribution in [-0.4, -0.2) is 24.1 Å². The van der Waals surface area contributed by atoms with Gasteiger partial charge in [-0.05, 0) is 29.8 Å². The normalized spacial score (nSPS) is 11.7. The summed E-state index contributed by atoms with van der Waals surface area (Å²) in [6.45, 7) is 0. The Morgan fingerprint density at radius 3 is 2.52 bits per heavy atom. The van der Waals surface area contributed by atoms with Crippen LogP contribution in [0.2, 0.25) is 0 Å². The number of carbonyl (C=O) groups excluding carboxylic acids is 1. The molecule has 3 aromatic rings. The third-order valence-electron chi connectivity index (χ3n) is 3.62. The Labute approximate surface area is 149 Å². The number of hydrogen-bond acceptors (Lipinski definition) is 3. The molecule has 3 rings (SSSR count). The lowest BCUT2D eigenvalue weighted by molar-refractivity contribution is -0.170. The first-order chi connectivity index (χ1) is 11.7. The quantitative estimate of drug-likeness (QED) is 0.625. The van der Waals surface area contributed by atoms with Gasteiger partial charge in [-0.3, -0.25) is 4.79 Å². The minimum absolute atomic E-state index is 0.0844. The lowest BCUT2D eigenvalue weighted by Crippen LogP contribution is -2.38. The topological polar surface area (TPSA) is 46.3 Å². The van der Waals surface area contributed by atoms with Gasteiger partial charge in [0.15, 0.2) is 11.5 Å². The molecule has 25 heavy (non-hydrogen) atoms. The number of hydrogen-bond donors (Lipinski definition) is 0. The molecule has 4 nitrogen and oxygen atoms in total. The maximum Gasteiger partial charge on any atom is 0.471 e. The zero-order chi connectivity index (χ0) is 18.2. The first-order valence-electron chi connectivity index (χ1n) is 7.23. The summed E-state index contributed by atoms with van der Waals surface area (Å²) in [5.74, 6) is -1.50. The number of alkyl halides is 3. The van der Waals surface area contributed by atoms with Gasteiger partial charge in [0.25, 0.3) is 0 Å². The zero-order valence-corrected chi connectivity index (χ0v) is 14.6. The maximum atomic E-state index is 12.5. The number of oxazole rings is 1. The Morgan fingerprint density at radius 1 is 1.20 bits per heavy atom. The number of fused-ring (bicyclic) bond motifs is 1. The van der Waals surface area contributed by atoms with Crippen molar-refractivity contribution < 1.29 is 22.4 Å². The molecule has 0 spiro atoms. The van der Waals surface area contributed by atoms with E-state index in [0.717, 1.165) is 17.1 Å². The summed E-state index contributed by atoms with van der Waals surface area (Å²) < 4.78 is 44.2. The Balaban J connectivity index is 1.86. The van der Waals surface area contributed by atoms with Crippen molar-refractivity contribution >= 4 is 38.6 Å². The van der Waals surface area contributed by atoms with Gasteiger partial charge in [0.05, 0.1) is 0 Å². The smallest absolute Gasteiger partial charge is 0.440 e. The Bertz CT molecular complexity index is 920. The van der Waals surface area contributed by atoms with Crippen LogP contribution in [0.25, 0.3) is 11.1 Å². The van der Waals surface area contributed by atoms with Crippen molar-refractivity contribution in [1.29, 1.82) is 0 Å². The number of amides is 1. The van der Waals surface area contributed by atoms with Gasteiger partial charge in [0.1, 0.15) is 5.52 Å². The highest BCUT2D eigenvalue weighted by Crippen LogP contribution is 2.27. The summed E-state index contributed by atoms with van der Waals surface area (Å²) in [6.07, 6.45) is -4.48. The second-order valence-corrected chi connectivity index (χ2v) is 6.34. The molecule has 0 fully saturated rings. The van der Waals surface area contributed by atoms with Crippen LogP contribution in [0.1, 0.15) is 11.5 Å². The van der Waals surface area contributed by atoms with E-state index >= 15 is 0 Å². The predicted molar refractivity (Wildman–Crippen MR) is 90.4 cm³/mol. The molecule has 1 heterocycles. The molecule has 0 aliphatic carbocycles. The van der Waals surface area contributed by atoms with Crippen LogP contribution in [0, 0.1) is 0 Å². The predicted octanol–water partition coefficient (Wildman–Crippen LogP) is 4.71. The zero-order valence-electron chi connectivity index (χ0n) is 13.0. The highest BCUT2D eigenvalue weighted by atomic mass is 79.9. The second-order valence-electron chi connectivity index (χ2n) is 5.42. The van der Waals surface area contributed by atoms with E-state index in [1.807, 2.05) is 24.3 Å². The molecule has 0 atom stereocenters. The van der Waals surface area contributed by atoms with Crippen LogP contribution in [0.3, 0.4) is 0 Å². The summed E-state index contributed by atoms with van der Waals surface area (Å²) in [5, 5.41) is 0. The second kappa shape index (κ2) is 6.51. The number of carbonyl (C=O) groups is 1. The van der Waals surface area contributed by atoms with Crippen LogP contribution in [0.4, 0.5) is 18.9 Å². The van der Waals surface area contributed by atoms with Gasteiger partial charge >= 0.3 is 12.1 Å². The van der Waals surface area contributed by atoms with Gasteiger partial charge < -0.3 is 9.32 Å². The molecule has 0 saturated carbocycles. The molecule has 0 saturated heterocycles. The van der Waals surface area contributed by atoms with E-state index in [-0.39, 0.29) is 5.69 Å². The fourth-order valence-electron chi connectivity index (χ4n) is 2.33. The summed E-state index contributed by atoms with van der Waals surface area (Å²) >= 11 is 3.35. The van der Waals surface area contributed by atoms with Crippen LogP contribution < -0.4 is 4.90 Å². The monoisotopic (exact) mass is 412 g/mol. The van der Waals surface area contributed by atoms with Crippen LogP contribution in [0.15, 0.2) is 51.4 Å². The van der Waals surface area contributed by atoms with E-state index in [1.165, 1.54) is 18.2 Å². The molecule has 2 aromatic carbocycles. The molecular formula is C17H12BrF3N2O2. The van der Waals surface area contributed by atoms with Gasteiger partial charge in [-0.25, -0.2) is 4.98 Å². The van der Waals surface area contributed by atoms with E-state index in [0.29, 0.717) is 28.3 Å². The molecule has 8 heteroatoms. The number of halogens is 4. The lowest BCUT2D eigenvalue weighted by atomic mass is 10.1. The highest BCUT2D eigenvalue weighted by Gasteiger charge is 2.41. The van der Waals surface area contributed by atoms with E-state index in [1.54, 1.807) is 0 Å². The van der Waals surface area contributed by atoms with Crippen molar-refractivity contribution in [3.63, 3.8) is 0 Å². The molecule has 0 bridgehead atoms. The summed E-state index contributed by atoms with van der Waals surface area (Å²) in [6, 6.07) is 11.9. The molecule has 0 unspecified atom stereocenters. The van der Waals surface area contributed by atoms with E-state index in [4.69, 9.17) is 4.42 Å². The molecule has 0 aliphatic heterocycles. The van der Waals surface area contributed by atoms with Gasteiger partial charge in [0.2, 0.25) is 0 Å². The van der Waals surface area contributed by atoms with Crippen LogP contribution in [-0.2, 0) is 11.2 Å². The van der Waals surface area contributed by atoms with Gasteiger partial charge in [-0.1, -0.05) is 28.1 Å². The summed E-state index contributed by atoms with van der Waals surface area (Å²) in [5.41, 5.74) is 1.91. The molecule has 1 aromatic heterocycles. The van der Waals surface area contributed by atoms with Crippen molar-refractivity contribution in [2.75, 3.05) is 11.9 Å². The fraction of sp³-hybridized carbons (Fsp3) is 0.176. The highest BCUT2D eigenvalue weighted by molar-refractivity contribution is 9.10. The Kier molecular flexibility index (Phi) is 4.55. The minimum Gasteiger partial charge on any atom is -0.440 e. The Hall–Kier alpha value is -2.35. The average molecular weight is 413 g/mol. The minimum atomic E-state index is -4.93. The van der Waals surface area contributed by atoms with Crippen molar-refractivity contribution in [1.82, 2.24) is 4.98 Å². The van der Waals surface area contributed by atoms with Gasteiger partial charge in [-0.15, -0.1) is 0 Å². The van der Waals surface area contributed by atoms with Crippen molar-refractivity contribution in [3.8, 4) is 0 Å². The number of rotatable bonds is 3. The molecule has 0 aliphatic rings. The SMILES string of the molecule is CN(C(=O)C(F)(F)F)c1ccc2nc(Cc3ccc(Br)cc3)oc2c1. The largest absolute Gasteiger partial charge is 0.471 e. The molecule has 130 valence electrons. The average Bonchev–Trinajstić information content (AvgIpc) is 2.96. The number of aromatic nitrogens is 1. The van der Waals surface area contributed by atoms with Gasteiger partial charge in [0, 0.05) is 29.7 Å².